The first-order valence-corrected chi connectivity index (χ1v) is 11.0. The third-order valence-electron chi connectivity index (χ3n) is 4.75. The van der Waals surface area contributed by atoms with E-state index in [2.05, 4.69) is 10.1 Å². The molecule has 0 bridgehead atoms. The van der Waals surface area contributed by atoms with Crippen LogP contribution in [0.3, 0.4) is 0 Å². The van der Waals surface area contributed by atoms with E-state index in [1.807, 2.05) is 49.4 Å². The Kier molecular flexibility index (Phi) is 5.37. The fraction of sp³-hybridized carbons (Fsp3) is 0.130. The van der Waals surface area contributed by atoms with Crippen LogP contribution < -0.4 is 4.31 Å². The summed E-state index contributed by atoms with van der Waals surface area (Å²) in [4.78, 5) is 4.57. The molecule has 0 saturated carbocycles. The molecule has 3 aromatic carbocycles. The molecule has 0 aliphatic rings. The van der Waals surface area contributed by atoms with Crippen LogP contribution in [0.15, 0.2) is 88.3 Å². The largest absolute Gasteiger partial charge is 0.334 e. The van der Waals surface area contributed by atoms with E-state index in [4.69, 9.17) is 4.52 Å². The van der Waals surface area contributed by atoms with Gasteiger partial charge in [0, 0.05) is 12.1 Å². The van der Waals surface area contributed by atoms with Crippen molar-refractivity contribution >= 4 is 15.7 Å². The Bertz CT molecular complexity index is 1250. The second-order valence-corrected chi connectivity index (χ2v) is 8.62. The highest BCUT2D eigenvalue weighted by atomic mass is 32.2. The molecule has 4 aromatic rings. The van der Waals surface area contributed by atoms with E-state index in [0.29, 0.717) is 23.6 Å². The number of nitrogens with zero attached hydrogens (tertiary/aromatic N) is 3. The Hall–Kier alpha value is -3.45. The lowest BCUT2D eigenvalue weighted by Gasteiger charge is -2.23. The van der Waals surface area contributed by atoms with Crippen molar-refractivity contribution in [2.45, 2.75) is 18.7 Å². The van der Waals surface area contributed by atoms with Crippen LogP contribution in [0.25, 0.3) is 22.8 Å². The molecule has 152 valence electrons. The monoisotopic (exact) mass is 419 g/mol. The molecule has 7 heteroatoms. The van der Waals surface area contributed by atoms with Crippen LogP contribution in [0.2, 0.25) is 0 Å². The molecule has 30 heavy (non-hydrogen) atoms. The smallest absolute Gasteiger partial charge is 0.265 e. The predicted molar refractivity (Wildman–Crippen MR) is 117 cm³/mol. The number of aryl methyl sites for hydroxylation is 1. The Morgan fingerprint density at radius 1 is 0.900 bits per heavy atom. The van der Waals surface area contributed by atoms with Crippen molar-refractivity contribution in [1.82, 2.24) is 10.1 Å². The van der Waals surface area contributed by atoms with Crippen LogP contribution in [0, 0.1) is 6.92 Å². The van der Waals surface area contributed by atoms with Gasteiger partial charge >= 0.3 is 0 Å². The van der Waals surface area contributed by atoms with Gasteiger partial charge in [0.15, 0.2) is 0 Å². The lowest BCUT2D eigenvalue weighted by Crippen LogP contribution is -2.31. The Balaban J connectivity index is 1.77. The Morgan fingerprint density at radius 3 is 2.27 bits per heavy atom. The van der Waals surface area contributed by atoms with Gasteiger partial charge in [-0.05, 0) is 38.1 Å². The van der Waals surface area contributed by atoms with E-state index >= 15 is 0 Å². The summed E-state index contributed by atoms with van der Waals surface area (Å²) in [5.41, 5.74) is 2.90. The van der Waals surface area contributed by atoms with E-state index in [9.17, 15) is 8.42 Å². The number of benzene rings is 3. The van der Waals surface area contributed by atoms with Crippen molar-refractivity contribution in [3.8, 4) is 22.8 Å². The molecule has 0 radical (unpaired) electrons. The molecule has 1 aromatic heterocycles. The van der Waals surface area contributed by atoms with E-state index in [1.165, 1.54) is 4.31 Å². The second kappa shape index (κ2) is 8.12. The number of aromatic nitrogens is 2. The lowest BCUT2D eigenvalue weighted by molar-refractivity contribution is 0.431. The van der Waals surface area contributed by atoms with Gasteiger partial charge < -0.3 is 4.52 Å². The van der Waals surface area contributed by atoms with E-state index in [1.54, 1.807) is 43.3 Å². The van der Waals surface area contributed by atoms with Crippen LogP contribution in [0.4, 0.5) is 5.69 Å². The first-order valence-electron chi connectivity index (χ1n) is 9.58. The van der Waals surface area contributed by atoms with Gasteiger partial charge in [0.25, 0.3) is 15.9 Å². The molecule has 0 unspecified atom stereocenters. The summed E-state index contributed by atoms with van der Waals surface area (Å²) in [7, 11) is -3.84. The zero-order chi connectivity index (χ0) is 21.1. The highest BCUT2D eigenvalue weighted by molar-refractivity contribution is 7.93. The fourth-order valence-corrected chi connectivity index (χ4v) is 4.89. The summed E-state index contributed by atoms with van der Waals surface area (Å²) < 4.78 is 33.8. The normalized spacial score (nSPS) is 11.4. The van der Waals surface area contributed by atoms with Gasteiger partial charge in [-0.3, -0.25) is 4.31 Å². The second-order valence-electron chi connectivity index (χ2n) is 6.79. The summed E-state index contributed by atoms with van der Waals surface area (Å²) in [5, 5.41) is 4.04. The summed E-state index contributed by atoms with van der Waals surface area (Å²) >= 11 is 0. The highest BCUT2D eigenvalue weighted by Crippen LogP contribution is 2.32. The van der Waals surface area contributed by atoms with Crippen molar-refractivity contribution in [2.75, 3.05) is 10.8 Å². The summed E-state index contributed by atoms with van der Waals surface area (Å²) in [6.07, 6.45) is 0. The van der Waals surface area contributed by atoms with Crippen molar-refractivity contribution in [1.29, 1.82) is 0 Å². The molecule has 0 fully saturated rings. The van der Waals surface area contributed by atoms with Crippen LogP contribution in [0.5, 0.6) is 0 Å². The number of hydrogen-bond acceptors (Lipinski definition) is 5. The fourth-order valence-electron chi connectivity index (χ4n) is 3.23. The average Bonchev–Trinajstić information content (AvgIpc) is 3.25. The quantitative estimate of drug-likeness (QED) is 0.443. The molecule has 0 amide bonds. The third kappa shape index (κ3) is 3.71. The van der Waals surface area contributed by atoms with Gasteiger partial charge in [-0.15, -0.1) is 0 Å². The molecule has 0 aliphatic heterocycles. The van der Waals surface area contributed by atoms with Gasteiger partial charge in [0.2, 0.25) is 5.82 Å². The van der Waals surface area contributed by atoms with Gasteiger partial charge in [0.05, 0.1) is 11.3 Å². The van der Waals surface area contributed by atoms with Gasteiger partial charge in [0.1, 0.15) is 4.90 Å². The van der Waals surface area contributed by atoms with Crippen molar-refractivity contribution in [2.24, 2.45) is 0 Å². The molecular weight excluding hydrogens is 398 g/mol. The number of para-hydroxylation sites is 1. The average molecular weight is 420 g/mol. The maximum Gasteiger partial charge on any atom is 0.265 e. The third-order valence-corrected chi connectivity index (χ3v) is 6.71. The van der Waals surface area contributed by atoms with Gasteiger partial charge in [-0.1, -0.05) is 65.3 Å². The predicted octanol–water partition coefficient (Wildman–Crippen LogP) is 4.93. The first-order chi connectivity index (χ1) is 14.5. The Morgan fingerprint density at radius 2 is 1.57 bits per heavy atom. The zero-order valence-corrected chi connectivity index (χ0v) is 17.5. The lowest BCUT2D eigenvalue weighted by atomic mass is 10.1. The first kappa shape index (κ1) is 19.8. The van der Waals surface area contributed by atoms with Crippen LogP contribution >= 0.6 is 0 Å². The van der Waals surface area contributed by atoms with Gasteiger partial charge in [-0.25, -0.2) is 8.42 Å². The molecule has 0 aliphatic carbocycles. The minimum Gasteiger partial charge on any atom is -0.334 e. The number of hydrogen-bond donors (Lipinski definition) is 0. The van der Waals surface area contributed by atoms with Crippen LogP contribution in [-0.4, -0.2) is 25.1 Å². The van der Waals surface area contributed by atoms with Crippen LogP contribution in [0.1, 0.15) is 12.5 Å². The van der Waals surface area contributed by atoms with E-state index < -0.39 is 10.0 Å². The topological polar surface area (TPSA) is 76.3 Å². The SMILES string of the molecule is CCN(c1ccccc1)S(=O)(=O)c1ccccc1-c1nc(-c2ccc(C)cc2)no1. The zero-order valence-electron chi connectivity index (χ0n) is 16.7. The highest BCUT2D eigenvalue weighted by Gasteiger charge is 2.28. The van der Waals surface area contributed by atoms with Crippen molar-refractivity contribution < 1.29 is 12.9 Å². The molecule has 0 saturated heterocycles. The molecule has 0 spiro atoms. The molecule has 0 atom stereocenters. The van der Waals surface area contributed by atoms with E-state index in [0.717, 1.165) is 11.1 Å². The molecule has 1 heterocycles. The van der Waals surface area contributed by atoms with Gasteiger partial charge in [-0.2, -0.15) is 4.98 Å². The van der Waals surface area contributed by atoms with E-state index in [-0.39, 0.29) is 10.8 Å². The number of rotatable bonds is 6. The number of anilines is 1. The molecule has 0 N–H and O–H groups in total. The Labute approximate surface area is 175 Å². The van der Waals surface area contributed by atoms with Crippen LogP contribution in [-0.2, 0) is 10.0 Å². The maximum atomic E-state index is 13.5. The summed E-state index contributed by atoms with van der Waals surface area (Å²) in [5.74, 6) is 0.571. The minimum atomic E-state index is -3.84. The summed E-state index contributed by atoms with van der Waals surface area (Å²) in [6.45, 7) is 4.09. The standard InChI is InChI=1S/C23H21N3O3S/c1-3-26(19-9-5-4-6-10-19)30(27,28)21-12-8-7-11-20(21)23-24-22(25-29-23)18-15-13-17(2)14-16-18/h4-16H,3H2,1-2H3. The van der Waals surface area contributed by atoms with Crippen molar-refractivity contribution in [3.63, 3.8) is 0 Å². The minimum absolute atomic E-state index is 0.120. The molecular formula is C23H21N3O3S. The molecule has 4 rings (SSSR count). The van der Waals surface area contributed by atoms with Crippen molar-refractivity contribution in [3.05, 3.63) is 84.4 Å². The molecule has 6 nitrogen and oxygen atoms in total. The maximum absolute atomic E-state index is 13.5. The summed E-state index contributed by atoms with van der Waals surface area (Å²) in [6, 6.07) is 23.4. The number of sulfonamides is 1.